The van der Waals surface area contributed by atoms with Crippen LogP contribution in [-0.2, 0) is 17.0 Å². The number of nitrogens with zero attached hydrogens (tertiary/aromatic N) is 2. The number of thioether (sulfide) groups is 1. The number of nitrogens with one attached hydrogen (secondary N) is 2. The number of amides is 2. The van der Waals surface area contributed by atoms with Gasteiger partial charge in [0.2, 0.25) is 17.6 Å². The van der Waals surface area contributed by atoms with E-state index in [-0.39, 0.29) is 18.7 Å². The Morgan fingerprint density at radius 1 is 1.03 bits per heavy atom. The first kappa shape index (κ1) is 23.0. The number of hydrazine groups is 1. The number of thiophene rings is 1. The summed E-state index contributed by atoms with van der Waals surface area (Å²) in [6, 6.07) is 16.8. The summed E-state index contributed by atoms with van der Waals surface area (Å²) in [5.41, 5.74) is 7.24. The van der Waals surface area contributed by atoms with Crippen LogP contribution >= 0.6 is 34.7 Å². The molecule has 0 spiro atoms. The second-order valence-electron chi connectivity index (χ2n) is 6.97. The summed E-state index contributed by atoms with van der Waals surface area (Å²) in [6.45, 7) is 0. The molecule has 10 heteroatoms. The molecule has 0 aliphatic carbocycles. The maximum atomic E-state index is 12.3. The fourth-order valence-electron chi connectivity index (χ4n) is 2.80. The van der Waals surface area contributed by atoms with Crippen LogP contribution in [0.25, 0.3) is 11.4 Å². The Labute approximate surface area is 203 Å². The lowest BCUT2D eigenvalue weighted by Crippen LogP contribution is -2.41. The van der Waals surface area contributed by atoms with Gasteiger partial charge in [-0.15, -0.1) is 11.8 Å². The van der Waals surface area contributed by atoms with E-state index in [1.165, 1.54) is 0 Å². The Kier molecular flexibility index (Phi) is 7.77. The van der Waals surface area contributed by atoms with Gasteiger partial charge >= 0.3 is 0 Å². The van der Waals surface area contributed by atoms with Gasteiger partial charge in [-0.2, -0.15) is 16.3 Å². The fourth-order valence-corrected chi connectivity index (χ4v) is 4.41. The molecule has 0 bridgehead atoms. The highest BCUT2D eigenvalue weighted by atomic mass is 35.5. The number of hydrogen-bond donors (Lipinski definition) is 2. The van der Waals surface area contributed by atoms with Crippen molar-refractivity contribution in [2.45, 2.75) is 23.5 Å². The number of aromatic nitrogens is 2. The zero-order chi connectivity index (χ0) is 23.0. The molecule has 0 radical (unpaired) electrons. The van der Waals surface area contributed by atoms with E-state index < -0.39 is 5.91 Å². The van der Waals surface area contributed by atoms with Gasteiger partial charge in [-0.1, -0.05) is 28.9 Å². The van der Waals surface area contributed by atoms with E-state index in [0.29, 0.717) is 22.3 Å². The first-order valence-electron chi connectivity index (χ1n) is 9.98. The lowest BCUT2D eigenvalue weighted by Gasteiger charge is -2.08. The molecule has 4 aromatic rings. The van der Waals surface area contributed by atoms with E-state index >= 15 is 0 Å². The average molecular weight is 499 g/mol. The van der Waals surface area contributed by atoms with Crippen LogP contribution in [0.1, 0.15) is 28.2 Å². The van der Waals surface area contributed by atoms with Gasteiger partial charge in [0, 0.05) is 45.0 Å². The standard InChI is InChI=1S/C23H19ClN4O3S2/c24-18-5-7-19(8-6-18)33-13-15-1-3-16(4-2-15)23(30)27-26-20(29)9-10-21-25-22(28-31-21)17-11-12-32-14-17/h1-8,11-12,14H,9-10,13H2,(H,26,29)(H,27,30). The van der Waals surface area contributed by atoms with Crippen LogP contribution in [0.3, 0.4) is 0 Å². The van der Waals surface area contributed by atoms with Crippen molar-refractivity contribution in [1.29, 1.82) is 0 Å². The van der Waals surface area contributed by atoms with Crippen molar-refractivity contribution in [3.63, 3.8) is 0 Å². The van der Waals surface area contributed by atoms with Crippen LogP contribution in [0.5, 0.6) is 0 Å². The van der Waals surface area contributed by atoms with Crippen molar-refractivity contribution < 1.29 is 14.1 Å². The minimum atomic E-state index is -0.391. The largest absolute Gasteiger partial charge is 0.339 e. The Morgan fingerprint density at radius 3 is 2.55 bits per heavy atom. The highest BCUT2D eigenvalue weighted by Gasteiger charge is 2.12. The van der Waals surface area contributed by atoms with Gasteiger partial charge < -0.3 is 4.52 Å². The Morgan fingerprint density at radius 2 is 1.82 bits per heavy atom. The summed E-state index contributed by atoms with van der Waals surface area (Å²) in [4.78, 5) is 29.7. The van der Waals surface area contributed by atoms with E-state index in [4.69, 9.17) is 16.1 Å². The van der Waals surface area contributed by atoms with Gasteiger partial charge in [0.05, 0.1) is 0 Å². The molecule has 0 saturated carbocycles. The van der Waals surface area contributed by atoms with E-state index in [1.807, 2.05) is 53.2 Å². The summed E-state index contributed by atoms with van der Waals surface area (Å²) < 4.78 is 5.17. The monoisotopic (exact) mass is 498 g/mol. The molecule has 0 aliphatic rings. The van der Waals surface area contributed by atoms with E-state index in [0.717, 1.165) is 21.8 Å². The maximum absolute atomic E-state index is 12.3. The van der Waals surface area contributed by atoms with Crippen molar-refractivity contribution in [2.24, 2.45) is 0 Å². The minimum absolute atomic E-state index is 0.104. The van der Waals surface area contributed by atoms with Crippen LogP contribution in [0.2, 0.25) is 5.02 Å². The van der Waals surface area contributed by atoms with Gasteiger partial charge in [-0.05, 0) is 53.4 Å². The second kappa shape index (κ2) is 11.1. The number of rotatable bonds is 8. The summed E-state index contributed by atoms with van der Waals surface area (Å²) in [7, 11) is 0. The third-order valence-corrected chi connectivity index (χ3v) is 6.58. The van der Waals surface area contributed by atoms with Crippen LogP contribution in [0.15, 0.2) is 74.8 Å². The number of benzene rings is 2. The van der Waals surface area contributed by atoms with Crippen LogP contribution in [-0.4, -0.2) is 22.0 Å². The van der Waals surface area contributed by atoms with Gasteiger partial charge in [0.15, 0.2) is 0 Å². The zero-order valence-corrected chi connectivity index (χ0v) is 19.7. The molecule has 0 unspecified atom stereocenters. The molecule has 168 valence electrons. The Bertz CT molecular complexity index is 1210. The third-order valence-electron chi connectivity index (χ3n) is 4.56. The molecule has 2 heterocycles. The normalized spacial score (nSPS) is 10.7. The zero-order valence-electron chi connectivity index (χ0n) is 17.3. The highest BCUT2D eigenvalue weighted by molar-refractivity contribution is 7.98. The molecule has 2 aromatic heterocycles. The van der Waals surface area contributed by atoms with Gasteiger partial charge in [0.1, 0.15) is 0 Å². The topological polar surface area (TPSA) is 97.1 Å². The molecule has 2 amide bonds. The summed E-state index contributed by atoms with van der Waals surface area (Å²) in [5.74, 6) is 0.886. The maximum Gasteiger partial charge on any atom is 0.269 e. The first-order valence-corrected chi connectivity index (χ1v) is 12.3. The van der Waals surface area contributed by atoms with Crippen molar-refractivity contribution >= 4 is 46.5 Å². The van der Waals surface area contributed by atoms with Crippen LogP contribution in [0, 0.1) is 0 Å². The van der Waals surface area contributed by atoms with Crippen molar-refractivity contribution in [3.8, 4) is 11.4 Å². The van der Waals surface area contributed by atoms with Gasteiger partial charge in [-0.3, -0.25) is 20.4 Å². The second-order valence-corrected chi connectivity index (χ2v) is 9.23. The molecule has 0 fully saturated rings. The number of carbonyl (C=O) groups excluding carboxylic acids is 2. The smallest absolute Gasteiger partial charge is 0.269 e. The third kappa shape index (κ3) is 6.67. The predicted octanol–water partition coefficient (Wildman–Crippen LogP) is 5.14. The van der Waals surface area contributed by atoms with Crippen molar-refractivity contribution in [2.75, 3.05) is 0 Å². The van der Waals surface area contributed by atoms with Crippen molar-refractivity contribution in [1.82, 2.24) is 21.0 Å². The molecule has 0 atom stereocenters. The molecule has 2 N–H and O–H groups in total. The SMILES string of the molecule is O=C(CCc1nc(-c2ccsc2)no1)NNC(=O)c1ccc(CSc2ccc(Cl)cc2)cc1. The Balaban J connectivity index is 1.19. The van der Waals surface area contributed by atoms with Crippen LogP contribution < -0.4 is 10.9 Å². The van der Waals surface area contributed by atoms with E-state index in [2.05, 4.69) is 21.0 Å². The van der Waals surface area contributed by atoms with Gasteiger partial charge in [0.25, 0.3) is 5.91 Å². The Hall–Kier alpha value is -3.14. The number of carbonyl (C=O) groups is 2. The molecule has 2 aromatic carbocycles. The average Bonchev–Trinajstić information content (AvgIpc) is 3.53. The number of halogens is 1. The fraction of sp³-hybridized carbons (Fsp3) is 0.130. The molecular formula is C23H19ClN4O3S2. The first-order chi connectivity index (χ1) is 16.1. The summed E-state index contributed by atoms with van der Waals surface area (Å²) >= 11 is 9.13. The van der Waals surface area contributed by atoms with Crippen molar-refractivity contribution in [3.05, 3.63) is 87.4 Å². The lowest BCUT2D eigenvalue weighted by molar-refractivity contribution is -0.121. The lowest BCUT2D eigenvalue weighted by atomic mass is 10.1. The summed E-state index contributed by atoms with van der Waals surface area (Å²) in [5, 5.41) is 8.46. The minimum Gasteiger partial charge on any atom is -0.339 e. The number of aryl methyl sites for hydroxylation is 1. The molecule has 4 rings (SSSR count). The van der Waals surface area contributed by atoms with Crippen LogP contribution in [0.4, 0.5) is 0 Å². The summed E-state index contributed by atoms with van der Waals surface area (Å²) in [6.07, 6.45) is 0.380. The van der Waals surface area contributed by atoms with E-state index in [9.17, 15) is 9.59 Å². The highest BCUT2D eigenvalue weighted by Crippen LogP contribution is 2.24. The van der Waals surface area contributed by atoms with Gasteiger partial charge in [-0.25, -0.2) is 0 Å². The molecular weight excluding hydrogens is 480 g/mol. The molecule has 33 heavy (non-hydrogen) atoms. The quantitative estimate of drug-likeness (QED) is 0.258. The number of hydrogen-bond acceptors (Lipinski definition) is 7. The molecule has 7 nitrogen and oxygen atoms in total. The predicted molar refractivity (Wildman–Crippen MR) is 129 cm³/mol. The molecule has 0 saturated heterocycles. The van der Waals surface area contributed by atoms with E-state index in [1.54, 1.807) is 35.2 Å². The molecule has 0 aliphatic heterocycles.